The molecule has 0 saturated carbocycles. The Hall–Kier alpha value is -2.38. The Labute approximate surface area is 159 Å². The molecule has 0 radical (unpaired) electrons. The molecule has 7 heteroatoms. The lowest BCUT2D eigenvalue weighted by atomic mass is 9.97. The van der Waals surface area contributed by atoms with Crippen molar-refractivity contribution in [2.24, 2.45) is 5.92 Å². The van der Waals surface area contributed by atoms with Crippen molar-refractivity contribution in [1.29, 1.82) is 0 Å². The van der Waals surface area contributed by atoms with Crippen LogP contribution in [0.3, 0.4) is 0 Å². The quantitative estimate of drug-likeness (QED) is 0.824. The first-order chi connectivity index (χ1) is 13.0. The van der Waals surface area contributed by atoms with Gasteiger partial charge in [-0.05, 0) is 43.5 Å². The van der Waals surface area contributed by atoms with Gasteiger partial charge in [-0.3, -0.25) is 4.79 Å². The minimum absolute atomic E-state index is 0.0595. The lowest BCUT2D eigenvalue weighted by Gasteiger charge is -2.30. The molecule has 0 unspecified atom stereocenters. The van der Waals surface area contributed by atoms with Crippen LogP contribution in [0.25, 0.3) is 6.08 Å². The number of amides is 1. The summed E-state index contributed by atoms with van der Waals surface area (Å²) in [6.45, 7) is 2.55. The van der Waals surface area contributed by atoms with E-state index in [1.807, 2.05) is 43.3 Å². The number of carbonyl (C=O) groups excluding carboxylic acids is 1. The molecule has 2 aromatic rings. The Kier molecular flexibility index (Phi) is 6.13. The van der Waals surface area contributed by atoms with Crippen LogP contribution < -0.4 is 5.32 Å². The molecule has 1 aliphatic rings. The maximum Gasteiger partial charge on any atom is 0.236 e. The van der Waals surface area contributed by atoms with Gasteiger partial charge in [0.05, 0.1) is 12.3 Å². The fraction of sp³-hybridized carbons (Fsp3) is 0.350. The highest BCUT2D eigenvalue weighted by Gasteiger charge is 2.30. The molecule has 1 saturated heterocycles. The third-order valence-corrected chi connectivity index (χ3v) is 6.31. The molecule has 3 rings (SSSR count). The van der Waals surface area contributed by atoms with E-state index in [4.69, 9.17) is 4.42 Å². The van der Waals surface area contributed by atoms with Crippen molar-refractivity contribution < 1.29 is 17.6 Å². The Morgan fingerprint density at radius 3 is 2.52 bits per heavy atom. The van der Waals surface area contributed by atoms with Crippen LogP contribution in [-0.4, -0.2) is 31.7 Å². The number of hydrogen-bond donors (Lipinski definition) is 1. The number of hydrogen-bond acceptors (Lipinski definition) is 4. The van der Waals surface area contributed by atoms with Gasteiger partial charge in [0.15, 0.2) is 0 Å². The van der Waals surface area contributed by atoms with Gasteiger partial charge in [-0.2, -0.15) is 4.31 Å². The second-order valence-electron chi connectivity index (χ2n) is 6.68. The molecule has 6 nitrogen and oxygen atoms in total. The van der Waals surface area contributed by atoms with Gasteiger partial charge >= 0.3 is 0 Å². The lowest BCUT2D eigenvalue weighted by molar-refractivity contribution is -0.126. The van der Waals surface area contributed by atoms with Crippen LogP contribution in [0.4, 0.5) is 0 Å². The predicted octanol–water partition coefficient (Wildman–Crippen LogP) is 3.17. The van der Waals surface area contributed by atoms with Gasteiger partial charge in [0.25, 0.3) is 0 Å². The van der Waals surface area contributed by atoms with Crippen molar-refractivity contribution >= 4 is 22.0 Å². The first-order valence-electron chi connectivity index (χ1n) is 9.03. The highest BCUT2D eigenvalue weighted by atomic mass is 32.2. The van der Waals surface area contributed by atoms with Crippen molar-refractivity contribution in [1.82, 2.24) is 9.62 Å². The fourth-order valence-electron chi connectivity index (χ4n) is 3.13. The van der Waals surface area contributed by atoms with E-state index in [9.17, 15) is 13.2 Å². The number of benzene rings is 1. The Morgan fingerprint density at radius 1 is 1.19 bits per heavy atom. The highest BCUT2D eigenvalue weighted by molar-refractivity contribution is 7.92. The number of nitrogens with zero attached hydrogens (tertiary/aromatic N) is 1. The second-order valence-corrected chi connectivity index (χ2v) is 8.50. The Balaban J connectivity index is 1.53. The van der Waals surface area contributed by atoms with E-state index < -0.39 is 10.0 Å². The van der Waals surface area contributed by atoms with E-state index in [1.165, 1.54) is 9.71 Å². The third kappa shape index (κ3) is 5.08. The van der Waals surface area contributed by atoms with Crippen LogP contribution >= 0.6 is 0 Å². The van der Waals surface area contributed by atoms with Gasteiger partial charge in [0.1, 0.15) is 5.76 Å². The summed E-state index contributed by atoms with van der Waals surface area (Å²) in [5.41, 5.74) is 0.835. The lowest BCUT2D eigenvalue weighted by Crippen LogP contribution is -2.42. The number of sulfonamides is 1. The molecule has 1 aromatic heterocycles. The third-order valence-electron chi connectivity index (χ3n) is 4.75. The standard InChI is InChI=1S/C20H24N2O4S/c1-16(19-8-5-14-26-19)21-20(23)18-9-12-22(13-10-18)27(24,25)15-11-17-6-3-2-4-7-17/h2-8,11,14-16,18H,9-10,12-13H2,1H3,(H,21,23)/b15-11+/t16-/m0/s1. The average Bonchev–Trinajstić information content (AvgIpc) is 3.22. The van der Waals surface area contributed by atoms with E-state index in [1.54, 1.807) is 18.4 Å². The fourth-order valence-corrected chi connectivity index (χ4v) is 4.35. The molecular weight excluding hydrogens is 364 g/mol. The SMILES string of the molecule is C[C@H](NC(=O)C1CCN(S(=O)(=O)/C=C/c2ccccc2)CC1)c1ccco1. The van der Waals surface area contributed by atoms with Crippen LogP contribution in [0, 0.1) is 5.92 Å². The highest BCUT2D eigenvalue weighted by Crippen LogP contribution is 2.22. The summed E-state index contributed by atoms with van der Waals surface area (Å²) < 4.78 is 31.7. The van der Waals surface area contributed by atoms with E-state index in [0.717, 1.165) is 5.56 Å². The molecule has 27 heavy (non-hydrogen) atoms. The van der Waals surface area contributed by atoms with Gasteiger partial charge in [0.2, 0.25) is 15.9 Å². The summed E-state index contributed by atoms with van der Waals surface area (Å²) in [6, 6.07) is 12.7. The summed E-state index contributed by atoms with van der Waals surface area (Å²) in [5, 5.41) is 4.18. The summed E-state index contributed by atoms with van der Waals surface area (Å²) in [6.07, 6.45) is 4.19. The van der Waals surface area contributed by atoms with Crippen LogP contribution in [0.15, 0.2) is 58.6 Å². The van der Waals surface area contributed by atoms with Crippen LogP contribution in [0.5, 0.6) is 0 Å². The second kappa shape index (κ2) is 8.54. The van der Waals surface area contributed by atoms with Gasteiger partial charge in [-0.1, -0.05) is 30.3 Å². The molecule has 1 N–H and O–H groups in total. The van der Waals surface area contributed by atoms with E-state index >= 15 is 0 Å². The van der Waals surface area contributed by atoms with Crippen LogP contribution in [-0.2, 0) is 14.8 Å². The summed E-state index contributed by atoms with van der Waals surface area (Å²) in [4.78, 5) is 12.4. The van der Waals surface area contributed by atoms with Gasteiger partial charge < -0.3 is 9.73 Å². The number of piperidine rings is 1. The first kappa shape index (κ1) is 19.4. The minimum atomic E-state index is -3.48. The normalized spacial score (nSPS) is 17.8. The Bertz CT molecular complexity index is 868. The van der Waals surface area contributed by atoms with Crippen molar-refractivity contribution in [3.05, 3.63) is 65.5 Å². The first-order valence-corrected chi connectivity index (χ1v) is 10.5. The molecule has 1 atom stereocenters. The monoisotopic (exact) mass is 388 g/mol. The molecule has 1 aromatic carbocycles. The maximum absolute atomic E-state index is 12.5. The largest absolute Gasteiger partial charge is 0.467 e. The van der Waals surface area contributed by atoms with E-state index in [-0.39, 0.29) is 17.9 Å². The minimum Gasteiger partial charge on any atom is -0.467 e. The van der Waals surface area contributed by atoms with Crippen molar-refractivity contribution in [2.45, 2.75) is 25.8 Å². The predicted molar refractivity (Wildman–Crippen MR) is 104 cm³/mol. The molecular formula is C20H24N2O4S. The number of rotatable bonds is 6. The average molecular weight is 388 g/mol. The molecule has 0 aliphatic carbocycles. The molecule has 144 valence electrons. The molecule has 1 fully saturated rings. The maximum atomic E-state index is 12.5. The molecule has 1 aliphatic heterocycles. The number of nitrogens with one attached hydrogen (secondary N) is 1. The van der Waals surface area contributed by atoms with Gasteiger partial charge in [-0.25, -0.2) is 8.42 Å². The number of carbonyl (C=O) groups is 1. The molecule has 0 bridgehead atoms. The smallest absolute Gasteiger partial charge is 0.236 e. The van der Waals surface area contributed by atoms with Crippen molar-refractivity contribution in [3.8, 4) is 0 Å². The zero-order chi connectivity index (χ0) is 19.3. The molecule has 1 amide bonds. The zero-order valence-corrected chi connectivity index (χ0v) is 16.1. The summed E-state index contributed by atoms with van der Waals surface area (Å²) in [7, 11) is -3.48. The summed E-state index contributed by atoms with van der Waals surface area (Å²) in [5.74, 6) is 0.456. The number of furan rings is 1. The van der Waals surface area contributed by atoms with Crippen molar-refractivity contribution in [2.75, 3.05) is 13.1 Å². The van der Waals surface area contributed by atoms with Gasteiger partial charge in [0, 0.05) is 24.4 Å². The van der Waals surface area contributed by atoms with Gasteiger partial charge in [-0.15, -0.1) is 0 Å². The molecule has 0 spiro atoms. The summed E-state index contributed by atoms with van der Waals surface area (Å²) >= 11 is 0. The van der Waals surface area contributed by atoms with Crippen LogP contribution in [0.1, 0.15) is 37.1 Å². The zero-order valence-electron chi connectivity index (χ0n) is 15.2. The van der Waals surface area contributed by atoms with Crippen LogP contribution in [0.2, 0.25) is 0 Å². The molecule has 2 heterocycles. The van der Waals surface area contributed by atoms with E-state index in [2.05, 4.69) is 5.32 Å². The van der Waals surface area contributed by atoms with E-state index in [0.29, 0.717) is 31.7 Å². The topological polar surface area (TPSA) is 79.6 Å². The van der Waals surface area contributed by atoms with Crippen molar-refractivity contribution in [3.63, 3.8) is 0 Å². The Morgan fingerprint density at radius 2 is 1.89 bits per heavy atom.